The molecule has 1 fully saturated rings. The van der Waals surface area contributed by atoms with Gasteiger partial charge in [0, 0.05) is 11.5 Å². The Morgan fingerprint density at radius 1 is 1.54 bits per heavy atom. The summed E-state index contributed by atoms with van der Waals surface area (Å²) in [4.78, 5) is 1.14. The number of nitrogens with two attached hydrogens (primary N) is 1. The number of rotatable bonds is 1. The number of hydrogen-bond donors (Lipinski definition) is 1. The Kier molecular flexibility index (Phi) is 2.60. The van der Waals surface area contributed by atoms with E-state index in [0.29, 0.717) is 6.61 Å². The molecule has 1 aliphatic heterocycles. The Balaban J connectivity index is 2.22. The third kappa shape index (κ3) is 1.89. The first-order chi connectivity index (χ1) is 6.21. The summed E-state index contributed by atoms with van der Waals surface area (Å²) in [6.45, 7) is 1.45. The molecule has 0 saturated carbocycles. The Bertz CT molecular complexity index is 294. The molecule has 1 saturated heterocycles. The van der Waals surface area contributed by atoms with Crippen molar-refractivity contribution in [3.63, 3.8) is 0 Å². The van der Waals surface area contributed by atoms with Gasteiger partial charge in [0.15, 0.2) is 0 Å². The van der Waals surface area contributed by atoms with Gasteiger partial charge in [0.05, 0.1) is 16.5 Å². The maximum atomic E-state index is 6.22. The molecule has 0 radical (unpaired) electrons. The molecule has 1 aliphatic rings. The predicted molar refractivity (Wildman–Crippen MR) is 55.2 cm³/mol. The van der Waals surface area contributed by atoms with Crippen LogP contribution in [0.2, 0.25) is 4.34 Å². The lowest BCUT2D eigenvalue weighted by Gasteiger charge is -2.32. The maximum Gasteiger partial charge on any atom is 0.0931 e. The molecule has 2 heterocycles. The van der Waals surface area contributed by atoms with E-state index in [1.807, 2.05) is 12.1 Å². The van der Waals surface area contributed by atoms with E-state index < -0.39 is 0 Å². The SMILES string of the molecule is NC1(c2ccc(Cl)s2)CCCOC1. The van der Waals surface area contributed by atoms with Crippen LogP contribution >= 0.6 is 22.9 Å². The van der Waals surface area contributed by atoms with E-state index in [1.54, 1.807) is 11.3 Å². The van der Waals surface area contributed by atoms with E-state index in [4.69, 9.17) is 22.1 Å². The third-order valence-corrected chi connectivity index (χ3v) is 3.79. The standard InChI is InChI=1S/C9H12ClNOS/c10-8-3-2-7(13-8)9(11)4-1-5-12-6-9/h2-3H,1,4-6,11H2. The van der Waals surface area contributed by atoms with Crippen molar-refractivity contribution >= 4 is 22.9 Å². The van der Waals surface area contributed by atoms with Gasteiger partial charge in [-0.05, 0) is 25.0 Å². The maximum absolute atomic E-state index is 6.22. The van der Waals surface area contributed by atoms with Crippen molar-refractivity contribution in [2.24, 2.45) is 5.73 Å². The molecule has 0 spiro atoms. The van der Waals surface area contributed by atoms with Gasteiger partial charge in [-0.3, -0.25) is 0 Å². The van der Waals surface area contributed by atoms with Crippen LogP contribution in [0.3, 0.4) is 0 Å². The zero-order chi connectivity index (χ0) is 9.31. The Morgan fingerprint density at radius 3 is 2.92 bits per heavy atom. The van der Waals surface area contributed by atoms with Gasteiger partial charge in [0.1, 0.15) is 0 Å². The van der Waals surface area contributed by atoms with Crippen LogP contribution < -0.4 is 5.73 Å². The molecule has 1 aromatic heterocycles. The van der Waals surface area contributed by atoms with Crippen molar-refractivity contribution in [3.05, 3.63) is 21.3 Å². The van der Waals surface area contributed by atoms with Gasteiger partial charge in [-0.2, -0.15) is 0 Å². The zero-order valence-electron chi connectivity index (χ0n) is 7.25. The van der Waals surface area contributed by atoms with Crippen LogP contribution in [0.5, 0.6) is 0 Å². The van der Waals surface area contributed by atoms with Gasteiger partial charge in [-0.25, -0.2) is 0 Å². The second-order valence-electron chi connectivity index (χ2n) is 3.42. The van der Waals surface area contributed by atoms with Gasteiger partial charge in [-0.15, -0.1) is 11.3 Å². The second-order valence-corrected chi connectivity index (χ2v) is 5.13. The zero-order valence-corrected chi connectivity index (χ0v) is 8.83. The predicted octanol–water partition coefficient (Wildman–Crippen LogP) is 2.37. The normalized spacial score (nSPS) is 29.1. The molecule has 2 nitrogen and oxygen atoms in total. The van der Waals surface area contributed by atoms with Crippen LogP contribution in [0.25, 0.3) is 0 Å². The van der Waals surface area contributed by atoms with E-state index in [9.17, 15) is 0 Å². The fourth-order valence-electron chi connectivity index (χ4n) is 1.59. The molecule has 13 heavy (non-hydrogen) atoms. The molecular weight excluding hydrogens is 206 g/mol. The largest absolute Gasteiger partial charge is 0.379 e. The smallest absolute Gasteiger partial charge is 0.0931 e. The summed E-state index contributed by atoms with van der Waals surface area (Å²) in [5.41, 5.74) is 5.92. The molecule has 4 heteroatoms. The van der Waals surface area contributed by atoms with Crippen molar-refractivity contribution in [1.82, 2.24) is 0 Å². The second kappa shape index (κ2) is 3.58. The number of halogens is 1. The highest BCUT2D eigenvalue weighted by Gasteiger charge is 2.31. The summed E-state index contributed by atoms with van der Waals surface area (Å²) in [6.07, 6.45) is 2.02. The third-order valence-electron chi connectivity index (χ3n) is 2.34. The van der Waals surface area contributed by atoms with Crippen LogP contribution in [0.15, 0.2) is 12.1 Å². The van der Waals surface area contributed by atoms with Crippen LogP contribution in [-0.2, 0) is 10.3 Å². The Labute approximate surface area is 86.6 Å². The first-order valence-corrected chi connectivity index (χ1v) is 5.53. The van der Waals surface area contributed by atoms with Crippen molar-refractivity contribution < 1.29 is 4.74 Å². The lowest BCUT2D eigenvalue weighted by Crippen LogP contribution is -2.43. The minimum atomic E-state index is -0.296. The van der Waals surface area contributed by atoms with Gasteiger partial charge in [0.2, 0.25) is 0 Å². The first kappa shape index (κ1) is 9.46. The van der Waals surface area contributed by atoms with Gasteiger partial charge >= 0.3 is 0 Å². The van der Waals surface area contributed by atoms with Crippen LogP contribution in [-0.4, -0.2) is 13.2 Å². The van der Waals surface area contributed by atoms with Crippen LogP contribution in [0.1, 0.15) is 17.7 Å². The van der Waals surface area contributed by atoms with Gasteiger partial charge in [-0.1, -0.05) is 11.6 Å². The average molecular weight is 218 g/mol. The lowest BCUT2D eigenvalue weighted by atomic mass is 9.92. The molecule has 72 valence electrons. The van der Waals surface area contributed by atoms with E-state index >= 15 is 0 Å². The molecule has 0 amide bonds. The number of hydrogen-bond acceptors (Lipinski definition) is 3. The topological polar surface area (TPSA) is 35.2 Å². The van der Waals surface area contributed by atoms with Crippen molar-refractivity contribution in [2.45, 2.75) is 18.4 Å². The van der Waals surface area contributed by atoms with E-state index in [2.05, 4.69) is 0 Å². The molecular formula is C9H12ClNOS. The van der Waals surface area contributed by atoms with Crippen LogP contribution in [0, 0.1) is 0 Å². The molecule has 2 N–H and O–H groups in total. The summed E-state index contributed by atoms with van der Waals surface area (Å²) in [5, 5.41) is 0. The lowest BCUT2D eigenvalue weighted by molar-refractivity contribution is 0.0381. The minimum absolute atomic E-state index is 0.296. The monoisotopic (exact) mass is 217 g/mol. The summed E-state index contributed by atoms with van der Waals surface area (Å²) >= 11 is 7.42. The van der Waals surface area contributed by atoms with Crippen LogP contribution in [0.4, 0.5) is 0 Å². The van der Waals surface area contributed by atoms with Gasteiger partial charge < -0.3 is 10.5 Å². The van der Waals surface area contributed by atoms with E-state index in [0.717, 1.165) is 28.7 Å². The quantitative estimate of drug-likeness (QED) is 0.784. The average Bonchev–Trinajstić information content (AvgIpc) is 2.54. The summed E-state index contributed by atoms with van der Waals surface area (Å²) in [6, 6.07) is 3.90. The molecule has 0 aliphatic carbocycles. The summed E-state index contributed by atoms with van der Waals surface area (Å²) < 4.78 is 6.18. The van der Waals surface area contributed by atoms with Gasteiger partial charge in [0.25, 0.3) is 0 Å². The minimum Gasteiger partial charge on any atom is -0.379 e. The Hall–Kier alpha value is -0.0900. The van der Waals surface area contributed by atoms with Crippen molar-refractivity contribution in [2.75, 3.05) is 13.2 Å². The van der Waals surface area contributed by atoms with E-state index in [-0.39, 0.29) is 5.54 Å². The highest BCUT2D eigenvalue weighted by molar-refractivity contribution is 7.16. The molecule has 1 atom stereocenters. The molecule has 2 rings (SSSR count). The number of thiophene rings is 1. The van der Waals surface area contributed by atoms with Crippen molar-refractivity contribution in [1.29, 1.82) is 0 Å². The molecule has 1 aromatic rings. The summed E-state index contributed by atoms with van der Waals surface area (Å²) in [7, 11) is 0. The highest BCUT2D eigenvalue weighted by atomic mass is 35.5. The summed E-state index contributed by atoms with van der Waals surface area (Å²) in [5.74, 6) is 0. The van der Waals surface area contributed by atoms with E-state index in [1.165, 1.54) is 0 Å². The number of ether oxygens (including phenoxy) is 1. The molecule has 0 aromatic carbocycles. The molecule has 1 unspecified atom stereocenters. The first-order valence-electron chi connectivity index (χ1n) is 4.33. The fourth-order valence-corrected chi connectivity index (χ4v) is 2.75. The fraction of sp³-hybridized carbons (Fsp3) is 0.556. The molecule has 0 bridgehead atoms. The highest BCUT2D eigenvalue weighted by Crippen LogP contribution is 2.34. The Morgan fingerprint density at radius 2 is 2.38 bits per heavy atom. The van der Waals surface area contributed by atoms with Crippen molar-refractivity contribution in [3.8, 4) is 0 Å².